The molecule has 1 N–H and O–H groups in total. The standard InChI is InChI=1S/C22H25ClN2O/c1-15-14-17(10-13-24-15)16-2-4-18(5-3-16)22(11-12-22)21(26)25-20-8-6-19(23)7-9-20/h6-10,13-14,16,18H,2-5,11-12H2,1H3,(H,25,26). The van der Waals surface area contributed by atoms with E-state index in [4.69, 9.17) is 11.6 Å². The first kappa shape index (κ1) is 17.5. The van der Waals surface area contributed by atoms with Crippen LogP contribution in [0.1, 0.15) is 55.7 Å². The summed E-state index contributed by atoms with van der Waals surface area (Å²) in [6.45, 7) is 2.05. The summed E-state index contributed by atoms with van der Waals surface area (Å²) in [5.41, 5.74) is 3.20. The highest BCUT2D eigenvalue weighted by Gasteiger charge is 2.55. The fourth-order valence-corrected chi connectivity index (χ4v) is 4.67. The first-order valence-corrected chi connectivity index (χ1v) is 9.94. The van der Waals surface area contributed by atoms with Crippen molar-refractivity contribution in [1.29, 1.82) is 0 Å². The zero-order valence-electron chi connectivity index (χ0n) is 15.2. The van der Waals surface area contributed by atoms with E-state index in [0.717, 1.165) is 37.1 Å². The molecule has 1 aromatic heterocycles. The minimum absolute atomic E-state index is 0.140. The minimum Gasteiger partial charge on any atom is -0.326 e. The SMILES string of the molecule is Cc1cc(C2CCC(C3(C(=O)Nc4ccc(Cl)cc4)CC3)CC2)ccn1. The summed E-state index contributed by atoms with van der Waals surface area (Å²) >= 11 is 5.93. The minimum atomic E-state index is -0.140. The van der Waals surface area contributed by atoms with E-state index < -0.39 is 0 Å². The van der Waals surface area contributed by atoms with Crippen LogP contribution in [0.25, 0.3) is 0 Å². The maximum Gasteiger partial charge on any atom is 0.230 e. The van der Waals surface area contributed by atoms with Crippen LogP contribution >= 0.6 is 11.6 Å². The zero-order chi connectivity index (χ0) is 18.1. The van der Waals surface area contributed by atoms with Crippen LogP contribution < -0.4 is 5.32 Å². The fourth-order valence-electron chi connectivity index (χ4n) is 4.54. The molecule has 1 amide bonds. The molecule has 0 spiro atoms. The molecular formula is C22H25ClN2O. The van der Waals surface area contributed by atoms with Crippen LogP contribution in [0.4, 0.5) is 5.69 Å². The number of carbonyl (C=O) groups is 1. The number of aryl methyl sites for hydroxylation is 1. The number of anilines is 1. The summed E-state index contributed by atoms with van der Waals surface area (Å²) in [5.74, 6) is 1.32. The van der Waals surface area contributed by atoms with Gasteiger partial charge in [0.1, 0.15) is 0 Å². The average Bonchev–Trinajstić information content (AvgIpc) is 3.46. The Labute approximate surface area is 160 Å². The molecule has 3 nitrogen and oxygen atoms in total. The third-order valence-electron chi connectivity index (χ3n) is 6.24. The van der Waals surface area contributed by atoms with Gasteiger partial charge in [0.2, 0.25) is 5.91 Å². The van der Waals surface area contributed by atoms with Crippen LogP contribution in [0.5, 0.6) is 0 Å². The first-order valence-electron chi connectivity index (χ1n) is 9.56. The average molecular weight is 369 g/mol. The summed E-state index contributed by atoms with van der Waals surface area (Å²) in [7, 11) is 0. The predicted molar refractivity (Wildman–Crippen MR) is 105 cm³/mol. The Morgan fingerprint density at radius 2 is 1.81 bits per heavy atom. The van der Waals surface area contributed by atoms with Gasteiger partial charge in [0, 0.05) is 22.6 Å². The van der Waals surface area contributed by atoms with Gasteiger partial charge in [0.15, 0.2) is 0 Å². The van der Waals surface area contributed by atoms with E-state index in [1.54, 1.807) is 0 Å². The van der Waals surface area contributed by atoms with Gasteiger partial charge in [0.25, 0.3) is 0 Å². The molecule has 0 atom stereocenters. The number of halogens is 1. The second-order valence-corrected chi connectivity index (χ2v) is 8.33. The maximum absolute atomic E-state index is 12.9. The lowest BCUT2D eigenvalue weighted by atomic mass is 9.72. The molecule has 2 aliphatic carbocycles. The Hall–Kier alpha value is -1.87. The number of aromatic nitrogens is 1. The monoisotopic (exact) mass is 368 g/mol. The molecule has 0 bridgehead atoms. The maximum atomic E-state index is 12.9. The number of carbonyl (C=O) groups excluding carboxylic acids is 1. The summed E-state index contributed by atoms with van der Waals surface area (Å²) in [5, 5.41) is 3.80. The van der Waals surface area contributed by atoms with Crippen LogP contribution in [-0.2, 0) is 4.79 Å². The molecule has 0 radical (unpaired) electrons. The van der Waals surface area contributed by atoms with Gasteiger partial charge in [-0.2, -0.15) is 0 Å². The van der Waals surface area contributed by atoms with Crippen molar-refractivity contribution < 1.29 is 4.79 Å². The lowest BCUT2D eigenvalue weighted by Gasteiger charge is -2.33. The van der Waals surface area contributed by atoms with E-state index in [0.29, 0.717) is 16.9 Å². The summed E-state index contributed by atoms with van der Waals surface area (Å²) in [6.07, 6.45) is 8.58. The van der Waals surface area contributed by atoms with Gasteiger partial charge < -0.3 is 5.32 Å². The fraction of sp³-hybridized carbons (Fsp3) is 0.455. The molecule has 1 aromatic carbocycles. The number of rotatable bonds is 4. The van der Waals surface area contributed by atoms with Crippen molar-refractivity contribution in [2.24, 2.45) is 11.3 Å². The lowest BCUT2D eigenvalue weighted by molar-refractivity contribution is -0.123. The molecule has 0 unspecified atom stereocenters. The smallest absolute Gasteiger partial charge is 0.230 e. The molecule has 2 fully saturated rings. The Bertz CT molecular complexity index is 790. The molecule has 2 aromatic rings. The third kappa shape index (κ3) is 3.50. The van der Waals surface area contributed by atoms with E-state index >= 15 is 0 Å². The van der Waals surface area contributed by atoms with E-state index in [1.165, 1.54) is 18.4 Å². The van der Waals surface area contributed by atoms with Crippen molar-refractivity contribution >= 4 is 23.2 Å². The Balaban J connectivity index is 1.39. The molecule has 0 aliphatic heterocycles. The highest BCUT2D eigenvalue weighted by molar-refractivity contribution is 6.30. The molecule has 2 aliphatic rings. The Morgan fingerprint density at radius 3 is 2.42 bits per heavy atom. The van der Waals surface area contributed by atoms with Crippen molar-refractivity contribution in [3.05, 3.63) is 58.9 Å². The first-order chi connectivity index (χ1) is 12.6. The van der Waals surface area contributed by atoms with Crippen LogP contribution in [0, 0.1) is 18.3 Å². The third-order valence-corrected chi connectivity index (χ3v) is 6.50. The number of nitrogens with zero attached hydrogens (tertiary/aromatic N) is 1. The summed E-state index contributed by atoms with van der Waals surface area (Å²) in [4.78, 5) is 17.2. The van der Waals surface area contributed by atoms with E-state index in [1.807, 2.05) is 30.5 Å². The van der Waals surface area contributed by atoms with E-state index in [2.05, 4.69) is 29.4 Å². The topological polar surface area (TPSA) is 42.0 Å². The van der Waals surface area contributed by atoms with Crippen LogP contribution in [0.15, 0.2) is 42.6 Å². The molecule has 4 heteroatoms. The zero-order valence-corrected chi connectivity index (χ0v) is 15.9. The Kier molecular flexibility index (Phi) is 4.74. The second-order valence-electron chi connectivity index (χ2n) is 7.90. The van der Waals surface area contributed by atoms with Crippen LogP contribution in [-0.4, -0.2) is 10.9 Å². The van der Waals surface area contributed by atoms with Crippen LogP contribution in [0.2, 0.25) is 5.02 Å². The quantitative estimate of drug-likeness (QED) is 0.748. The summed E-state index contributed by atoms with van der Waals surface area (Å²) < 4.78 is 0. The second kappa shape index (κ2) is 7.03. The molecule has 4 rings (SSSR count). The number of amides is 1. The van der Waals surface area contributed by atoms with Crippen molar-refractivity contribution in [3.8, 4) is 0 Å². The van der Waals surface area contributed by atoms with Gasteiger partial charge in [-0.25, -0.2) is 0 Å². The molecule has 136 valence electrons. The van der Waals surface area contributed by atoms with Gasteiger partial charge in [-0.1, -0.05) is 11.6 Å². The van der Waals surface area contributed by atoms with Crippen molar-refractivity contribution in [1.82, 2.24) is 4.98 Å². The number of hydrogen-bond donors (Lipinski definition) is 1. The molecule has 1 heterocycles. The largest absolute Gasteiger partial charge is 0.326 e. The van der Waals surface area contributed by atoms with Gasteiger partial charge in [-0.3, -0.25) is 9.78 Å². The summed E-state index contributed by atoms with van der Waals surface area (Å²) in [6, 6.07) is 11.7. The van der Waals surface area contributed by atoms with Crippen molar-refractivity contribution in [2.45, 2.75) is 51.4 Å². The molecule has 2 saturated carbocycles. The van der Waals surface area contributed by atoms with Gasteiger partial charge >= 0.3 is 0 Å². The lowest BCUT2D eigenvalue weighted by Crippen LogP contribution is -2.33. The predicted octanol–water partition coefficient (Wildman–Crippen LogP) is 5.74. The molecule has 0 saturated heterocycles. The van der Waals surface area contributed by atoms with E-state index in [-0.39, 0.29) is 11.3 Å². The molecular weight excluding hydrogens is 344 g/mol. The van der Waals surface area contributed by atoms with E-state index in [9.17, 15) is 4.79 Å². The van der Waals surface area contributed by atoms with Gasteiger partial charge in [-0.05, 0) is 99.2 Å². The Morgan fingerprint density at radius 1 is 1.12 bits per heavy atom. The number of nitrogens with one attached hydrogen (secondary N) is 1. The highest BCUT2D eigenvalue weighted by atomic mass is 35.5. The molecule has 26 heavy (non-hydrogen) atoms. The number of benzene rings is 1. The number of hydrogen-bond acceptors (Lipinski definition) is 2. The van der Waals surface area contributed by atoms with Gasteiger partial charge in [0.05, 0.1) is 5.41 Å². The number of pyridine rings is 1. The normalized spacial score (nSPS) is 24.1. The van der Waals surface area contributed by atoms with Crippen molar-refractivity contribution in [2.75, 3.05) is 5.32 Å². The van der Waals surface area contributed by atoms with Crippen molar-refractivity contribution in [3.63, 3.8) is 0 Å². The van der Waals surface area contributed by atoms with Gasteiger partial charge in [-0.15, -0.1) is 0 Å². The van der Waals surface area contributed by atoms with Crippen LogP contribution in [0.3, 0.4) is 0 Å². The highest BCUT2D eigenvalue weighted by Crippen LogP contribution is 2.58.